The molecular weight excluding hydrogens is 1920 g/mol. The number of aryl methyl sites for hydroxylation is 2. The van der Waals surface area contributed by atoms with Gasteiger partial charge >= 0.3 is 81.7 Å². The molecule has 9 heteroatoms. The molecule has 2 aliphatic carbocycles. The van der Waals surface area contributed by atoms with E-state index in [-0.39, 0.29) is 141 Å². The Bertz CT molecular complexity index is 3590. The molecule has 0 spiro atoms. The third-order valence-corrected chi connectivity index (χ3v) is 36.2. The summed E-state index contributed by atoms with van der Waals surface area (Å²) in [5.74, 6) is 1.03. The number of unbranched alkanes of at least 4 members (excludes halogenated alkanes) is 1. The fourth-order valence-electron chi connectivity index (χ4n) is 17.2. The molecule has 2 aliphatic rings. The van der Waals surface area contributed by atoms with Gasteiger partial charge < -0.3 is 64.2 Å². The minimum absolute atomic E-state index is 0. The molecule has 0 bridgehead atoms. The molecule has 0 unspecified atom stereocenters. The summed E-state index contributed by atoms with van der Waals surface area (Å²) in [6.45, 7) is 60.4. The van der Waals surface area contributed by atoms with Gasteiger partial charge in [0.1, 0.15) is 21.7 Å². The fraction of sp³-hybridized carbons (Fsp3) is 0.451. The first kappa shape index (κ1) is 137. The van der Waals surface area contributed by atoms with E-state index in [1.165, 1.54) is 158 Å². The minimum atomic E-state index is -0.730. The molecule has 0 aromatic heterocycles. The molecule has 0 radical (unpaired) electrons. The molecule has 0 heterocycles. The molecule has 696 valence electrons. The molecule has 9 aromatic carbocycles. The second kappa shape index (κ2) is 70.0. The Morgan fingerprint density at radius 2 is 0.516 bits per heavy atom. The third kappa shape index (κ3) is 46.1. The minimum Gasteiger partial charge on any atom is -0.496 e. The number of rotatable bonds is 14. The van der Waals surface area contributed by atoms with E-state index < -0.39 is 31.7 Å². The quantitative estimate of drug-likeness (QED) is 0.0599. The molecule has 2 saturated carbocycles. The van der Waals surface area contributed by atoms with Crippen LogP contribution in [-0.4, -0.2) is 49.4 Å². The van der Waals surface area contributed by atoms with Crippen molar-refractivity contribution >= 4 is 52.9 Å². The van der Waals surface area contributed by atoms with Crippen LogP contribution in [0.3, 0.4) is 0 Å². The number of ether oxygens (including phenoxy) is 1. The van der Waals surface area contributed by atoms with Gasteiger partial charge in [0, 0.05) is 59.5 Å². The summed E-state index contributed by atoms with van der Waals surface area (Å²) in [5.41, 5.74) is 15.7. The maximum absolute atomic E-state index is 5.82. The van der Waals surface area contributed by atoms with Crippen molar-refractivity contribution in [3.05, 3.63) is 307 Å². The zero-order chi connectivity index (χ0) is 81.7. The number of hydrogen-bond donors (Lipinski definition) is 0. The van der Waals surface area contributed by atoms with E-state index in [2.05, 4.69) is 417 Å². The average Bonchev–Trinajstić information content (AvgIpc) is 0.795. The van der Waals surface area contributed by atoms with E-state index in [1.807, 2.05) is 7.11 Å². The van der Waals surface area contributed by atoms with Gasteiger partial charge in [0.25, 0.3) is 0 Å². The number of hydrogen-bond acceptors (Lipinski definition) is 1. The van der Waals surface area contributed by atoms with Crippen molar-refractivity contribution in [1.29, 1.82) is 0 Å². The van der Waals surface area contributed by atoms with Crippen LogP contribution >= 0.6 is 31.7 Å². The fourth-order valence-corrected chi connectivity index (χ4v) is 35.4. The van der Waals surface area contributed by atoms with Gasteiger partial charge in [-0.2, -0.15) is 0 Å². The Hall–Kier alpha value is -2.85. The van der Waals surface area contributed by atoms with Crippen LogP contribution in [0.25, 0.3) is 44.5 Å². The zero-order valence-corrected chi connectivity index (χ0v) is 94.4. The third-order valence-electron chi connectivity index (χ3n) is 20.3. The molecule has 0 N–H and O–H groups in total. The molecule has 9 aromatic rings. The van der Waals surface area contributed by atoms with Gasteiger partial charge in [0.2, 0.25) is 0 Å². The normalized spacial score (nSPS) is 12.2. The Kier molecular flexibility index (Phi) is 78.7. The van der Waals surface area contributed by atoms with E-state index in [1.54, 1.807) is 21.2 Å². The first-order chi connectivity index (χ1) is 52.1. The van der Waals surface area contributed by atoms with Crippen LogP contribution in [0.15, 0.2) is 237 Å². The van der Waals surface area contributed by atoms with E-state index >= 15 is 0 Å². The van der Waals surface area contributed by atoms with Gasteiger partial charge in [0.15, 0.2) is 0 Å². The van der Waals surface area contributed by atoms with Crippen molar-refractivity contribution in [1.82, 2.24) is 0 Å². The molecule has 0 saturated heterocycles. The summed E-state index contributed by atoms with van der Waals surface area (Å²) >= 11 is 0. The van der Waals surface area contributed by atoms with Crippen molar-refractivity contribution in [2.75, 3.05) is 7.11 Å². The Morgan fingerprint density at radius 1 is 0.279 bits per heavy atom. The van der Waals surface area contributed by atoms with E-state index in [4.69, 9.17) is 4.74 Å². The van der Waals surface area contributed by atoms with Crippen LogP contribution in [0.4, 0.5) is 0 Å². The topological polar surface area (TPSA) is 9.23 Å². The van der Waals surface area contributed by atoms with E-state index in [9.17, 15) is 0 Å². The van der Waals surface area contributed by atoms with Gasteiger partial charge in [-0.25, -0.2) is 0 Å². The van der Waals surface area contributed by atoms with Crippen LogP contribution in [0, 0.1) is 66.3 Å². The van der Waals surface area contributed by atoms with Crippen molar-refractivity contribution in [3.8, 4) is 50.3 Å². The summed E-state index contributed by atoms with van der Waals surface area (Å²) in [5, 5.41) is 8.35. The van der Waals surface area contributed by atoms with Crippen molar-refractivity contribution in [2.45, 2.75) is 325 Å². The standard InChI is InChI=1S/C26H35OP.3C20H27P.C9H12.C4H10.2C3H8.8CH3.4Pd/c1-20-12-11-18-24(27-2)26(20)23-17-9-10-19-25(23)28(21-13-5-3-6-14-21)22-15-7-4-8-16-22;3*1-19(2,3)21(20(4,5)6)18-15-11-10-14-17(18)16-12-8-7-9-13-16;1-2-6-9-7-4-3-5-8-9;1-3-4-2;2*1-3-2;;;;;;;;;;;;/h9-12,17-19,21-22H,3-8,13-16H2,1-2H3;3*7-15H,1-6H3;3-5,7-8H,2,6H2,1H3;3-4H2,1-2H3;2*3H2,1-2H3;8*1H3;;;;/q;;;;;;;;8*-1;4*+2/p+4. The summed E-state index contributed by atoms with van der Waals surface area (Å²) in [4.78, 5) is 0. The first-order valence-electron chi connectivity index (χ1n) is 42.8. The van der Waals surface area contributed by atoms with Crippen LogP contribution in [0.2, 0.25) is 0 Å². The second-order valence-corrected chi connectivity index (χ2v) is 52.8. The molecule has 122 heavy (non-hydrogen) atoms. The molecule has 0 amide bonds. The Balaban J connectivity index is -0.000000181. The zero-order valence-electron chi connectivity index (χ0n) is 84.2. The van der Waals surface area contributed by atoms with Gasteiger partial charge in [-0.1, -0.05) is 300 Å². The summed E-state index contributed by atoms with van der Waals surface area (Å²) < 4.78 is 5.82. The van der Waals surface area contributed by atoms with Crippen molar-refractivity contribution in [2.24, 2.45) is 0 Å². The first-order valence-corrected chi connectivity index (χ1v) is 49.0. The largest absolute Gasteiger partial charge is 2.00 e. The monoisotopic (exact) mass is 2100 g/mol. The number of methoxy groups -OCH3 is 1. The number of benzene rings is 9. The Morgan fingerprint density at radius 3 is 0.762 bits per heavy atom. The Labute approximate surface area is 821 Å². The predicted octanol–water partition coefficient (Wildman–Crippen LogP) is 35.4. The molecule has 2 fully saturated rings. The predicted molar refractivity (Wildman–Crippen MR) is 567 cm³/mol. The average molecular weight is 2110 g/mol. The van der Waals surface area contributed by atoms with Crippen LogP contribution in [-0.2, 0) is 88.1 Å². The molecule has 1 nitrogen and oxygen atoms in total. The van der Waals surface area contributed by atoms with Crippen molar-refractivity contribution < 1.29 is 86.4 Å². The van der Waals surface area contributed by atoms with E-state index in [0.717, 1.165) is 17.1 Å². The maximum Gasteiger partial charge on any atom is 2.00 e. The molecule has 0 aliphatic heterocycles. The molecule has 0 atom stereocenters. The second-order valence-electron chi connectivity index (χ2n) is 36.8. The summed E-state index contributed by atoms with van der Waals surface area (Å²) in [7, 11) is -0.972. The SMILES string of the molecule is CC(C)(C)[PH+](c1ccccc1-c1ccccc1)C(C)(C)C.CC(C)(C)[PH+](c1ccccc1-c1ccccc1)C(C)(C)C.CC(C)(C)[PH+](c1ccccc1-c1ccccc1)C(C)(C)C.CCC.CCC.CCCC.CCCc1ccccc1.COc1cccc(C)c1-c1ccccc1[PH+](C1CCCCC1)C1CCCCC1.[CH3-].[CH3-].[CH3-].[CH3-].[CH3-].[CH3-].[CH3-].[CH3-].[Pd+2].[Pd+2].[Pd+2].[Pd+2]. The van der Waals surface area contributed by atoms with Crippen LogP contribution in [0.1, 0.15) is 281 Å². The van der Waals surface area contributed by atoms with Crippen molar-refractivity contribution in [3.63, 3.8) is 0 Å². The molecule has 11 rings (SSSR count). The summed E-state index contributed by atoms with van der Waals surface area (Å²) in [6, 6.07) is 85.8. The van der Waals surface area contributed by atoms with Gasteiger partial charge in [-0.05, 0) is 247 Å². The smallest absolute Gasteiger partial charge is 0.496 e. The van der Waals surface area contributed by atoms with Gasteiger partial charge in [-0.15, -0.1) is 0 Å². The van der Waals surface area contributed by atoms with E-state index in [0.29, 0.717) is 30.9 Å². The summed E-state index contributed by atoms with van der Waals surface area (Å²) in [6.07, 6.45) is 22.1. The van der Waals surface area contributed by atoms with Gasteiger partial charge in [-0.3, -0.25) is 0 Å². The van der Waals surface area contributed by atoms with Crippen LogP contribution < -0.4 is 26.0 Å². The maximum atomic E-state index is 5.82. The molecular formula is C113H182OP4Pd4+4. The van der Waals surface area contributed by atoms with Gasteiger partial charge in [0.05, 0.1) is 54.7 Å². The van der Waals surface area contributed by atoms with Crippen LogP contribution in [0.5, 0.6) is 5.75 Å².